The zero-order valence-corrected chi connectivity index (χ0v) is 11.3. The first kappa shape index (κ1) is 14.5. The maximum atomic E-state index is 10.6. The summed E-state index contributed by atoms with van der Waals surface area (Å²) in [5.74, 6) is 0.549. The highest BCUT2D eigenvalue weighted by atomic mass is 16.5. The molecule has 0 radical (unpaired) electrons. The molecule has 0 aromatic carbocycles. The van der Waals surface area contributed by atoms with Crippen LogP contribution in [0.25, 0.3) is 0 Å². The largest absolute Gasteiger partial charge is 0.465 e. The van der Waals surface area contributed by atoms with Crippen molar-refractivity contribution in [3.8, 4) is 0 Å². The van der Waals surface area contributed by atoms with E-state index in [4.69, 9.17) is 4.74 Å². The molecule has 2 N–H and O–H groups in total. The predicted octanol–water partition coefficient (Wildman–Crippen LogP) is 2.51. The SMILES string of the molecule is CCCCCCNc1ncc(CCOC(C)=O)[nH]1. The molecule has 0 bridgehead atoms. The predicted molar refractivity (Wildman–Crippen MR) is 71.6 cm³/mol. The second-order valence-corrected chi connectivity index (χ2v) is 4.33. The van der Waals surface area contributed by atoms with Crippen LogP contribution >= 0.6 is 0 Å². The molecule has 1 heterocycles. The van der Waals surface area contributed by atoms with Crippen LogP contribution in [0, 0.1) is 0 Å². The first-order chi connectivity index (χ1) is 8.72. The summed E-state index contributed by atoms with van der Waals surface area (Å²) in [5.41, 5.74) is 0.979. The number of hydrogen-bond acceptors (Lipinski definition) is 4. The number of rotatable bonds is 9. The van der Waals surface area contributed by atoms with E-state index < -0.39 is 0 Å². The van der Waals surface area contributed by atoms with Crippen molar-refractivity contribution >= 4 is 11.9 Å². The van der Waals surface area contributed by atoms with Gasteiger partial charge in [-0.05, 0) is 6.42 Å². The maximum absolute atomic E-state index is 10.6. The molecule has 1 rings (SSSR count). The zero-order valence-electron chi connectivity index (χ0n) is 11.3. The molecule has 0 spiro atoms. The number of H-pyrrole nitrogens is 1. The minimum Gasteiger partial charge on any atom is -0.465 e. The van der Waals surface area contributed by atoms with Gasteiger partial charge in [-0.15, -0.1) is 0 Å². The average Bonchev–Trinajstić information content (AvgIpc) is 2.76. The summed E-state index contributed by atoms with van der Waals surface area (Å²) in [4.78, 5) is 18.0. The molecule has 0 saturated heterocycles. The van der Waals surface area contributed by atoms with Gasteiger partial charge in [-0.1, -0.05) is 26.2 Å². The molecule has 1 aromatic heterocycles. The van der Waals surface area contributed by atoms with Crippen molar-refractivity contribution in [2.75, 3.05) is 18.5 Å². The van der Waals surface area contributed by atoms with E-state index in [2.05, 4.69) is 22.2 Å². The van der Waals surface area contributed by atoms with Gasteiger partial charge in [0.1, 0.15) is 0 Å². The lowest BCUT2D eigenvalue weighted by Crippen LogP contribution is -2.04. The highest BCUT2D eigenvalue weighted by Crippen LogP contribution is 2.05. The molecular weight excluding hydrogens is 230 g/mol. The topological polar surface area (TPSA) is 67.0 Å². The normalized spacial score (nSPS) is 10.3. The van der Waals surface area contributed by atoms with Crippen molar-refractivity contribution in [3.63, 3.8) is 0 Å². The Hall–Kier alpha value is -1.52. The van der Waals surface area contributed by atoms with E-state index in [1.165, 1.54) is 26.2 Å². The van der Waals surface area contributed by atoms with Gasteiger partial charge in [0.15, 0.2) is 5.95 Å². The molecule has 5 nitrogen and oxygen atoms in total. The highest BCUT2D eigenvalue weighted by molar-refractivity contribution is 5.65. The van der Waals surface area contributed by atoms with Gasteiger partial charge >= 0.3 is 5.97 Å². The van der Waals surface area contributed by atoms with Gasteiger partial charge in [0.2, 0.25) is 0 Å². The van der Waals surface area contributed by atoms with E-state index in [0.717, 1.165) is 24.6 Å². The molecule has 0 saturated carbocycles. The number of anilines is 1. The lowest BCUT2D eigenvalue weighted by Gasteiger charge is -2.02. The second kappa shape index (κ2) is 8.55. The first-order valence-electron chi connectivity index (χ1n) is 6.63. The Morgan fingerprint density at radius 1 is 1.44 bits per heavy atom. The Bertz CT molecular complexity index is 350. The fourth-order valence-electron chi connectivity index (χ4n) is 1.64. The third kappa shape index (κ3) is 6.27. The lowest BCUT2D eigenvalue weighted by molar-refractivity contribution is -0.140. The van der Waals surface area contributed by atoms with Gasteiger partial charge in [-0.2, -0.15) is 0 Å². The zero-order chi connectivity index (χ0) is 13.2. The van der Waals surface area contributed by atoms with Crippen molar-refractivity contribution in [3.05, 3.63) is 11.9 Å². The number of carbonyl (C=O) groups excluding carboxylic acids is 1. The van der Waals surface area contributed by atoms with E-state index in [9.17, 15) is 4.79 Å². The average molecular weight is 253 g/mol. The Morgan fingerprint density at radius 3 is 3.00 bits per heavy atom. The summed E-state index contributed by atoms with van der Waals surface area (Å²) in [7, 11) is 0. The fourth-order valence-corrected chi connectivity index (χ4v) is 1.64. The molecule has 102 valence electrons. The first-order valence-corrected chi connectivity index (χ1v) is 6.63. The Labute approximate surface area is 108 Å². The van der Waals surface area contributed by atoms with Crippen molar-refractivity contribution in [1.82, 2.24) is 9.97 Å². The van der Waals surface area contributed by atoms with Gasteiger partial charge in [0, 0.05) is 25.6 Å². The molecule has 0 amide bonds. The number of imidazole rings is 1. The van der Waals surface area contributed by atoms with Crippen LogP contribution in [0.1, 0.15) is 45.2 Å². The van der Waals surface area contributed by atoms with E-state index in [-0.39, 0.29) is 5.97 Å². The Balaban J connectivity index is 2.15. The van der Waals surface area contributed by atoms with Gasteiger partial charge in [-0.3, -0.25) is 4.79 Å². The summed E-state index contributed by atoms with van der Waals surface area (Å²) >= 11 is 0. The number of ether oxygens (including phenoxy) is 1. The Morgan fingerprint density at radius 2 is 2.28 bits per heavy atom. The minimum absolute atomic E-state index is 0.246. The maximum Gasteiger partial charge on any atom is 0.302 e. The molecule has 0 aliphatic rings. The molecule has 0 aliphatic carbocycles. The second-order valence-electron chi connectivity index (χ2n) is 4.33. The van der Waals surface area contributed by atoms with E-state index >= 15 is 0 Å². The van der Waals surface area contributed by atoms with Crippen molar-refractivity contribution < 1.29 is 9.53 Å². The van der Waals surface area contributed by atoms with Crippen molar-refractivity contribution in [2.45, 2.75) is 46.0 Å². The summed E-state index contributed by atoms with van der Waals surface area (Å²) in [6, 6.07) is 0. The van der Waals surface area contributed by atoms with Crippen LogP contribution in [0.4, 0.5) is 5.95 Å². The Kier molecular flexibility index (Phi) is 6.91. The monoisotopic (exact) mass is 253 g/mol. The van der Waals surface area contributed by atoms with Crippen molar-refractivity contribution in [1.29, 1.82) is 0 Å². The van der Waals surface area contributed by atoms with Crippen LogP contribution in [-0.4, -0.2) is 29.1 Å². The molecular formula is C13H23N3O2. The molecule has 0 fully saturated rings. The van der Waals surface area contributed by atoms with Crippen LogP contribution in [0.2, 0.25) is 0 Å². The summed E-state index contributed by atoms with van der Waals surface area (Å²) in [6.45, 7) is 4.95. The number of carbonyl (C=O) groups is 1. The van der Waals surface area contributed by atoms with Crippen LogP contribution in [0.3, 0.4) is 0 Å². The van der Waals surface area contributed by atoms with E-state index in [0.29, 0.717) is 13.0 Å². The van der Waals surface area contributed by atoms with Crippen molar-refractivity contribution in [2.24, 2.45) is 0 Å². The molecule has 0 aliphatic heterocycles. The molecule has 0 unspecified atom stereocenters. The highest BCUT2D eigenvalue weighted by Gasteiger charge is 2.01. The quantitative estimate of drug-likeness (QED) is 0.524. The molecule has 18 heavy (non-hydrogen) atoms. The van der Waals surface area contributed by atoms with Gasteiger partial charge < -0.3 is 15.0 Å². The number of aromatic amines is 1. The van der Waals surface area contributed by atoms with Gasteiger partial charge in [-0.25, -0.2) is 4.98 Å². The molecule has 0 atom stereocenters. The van der Waals surface area contributed by atoms with E-state index in [1.807, 2.05) is 0 Å². The fraction of sp³-hybridized carbons (Fsp3) is 0.692. The molecule has 5 heteroatoms. The third-order valence-electron chi connectivity index (χ3n) is 2.63. The van der Waals surface area contributed by atoms with E-state index in [1.54, 1.807) is 6.20 Å². The minimum atomic E-state index is -0.246. The number of unbranched alkanes of at least 4 members (excludes halogenated alkanes) is 3. The van der Waals surface area contributed by atoms with Gasteiger partial charge in [0.25, 0.3) is 0 Å². The smallest absolute Gasteiger partial charge is 0.302 e. The summed E-state index contributed by atoms with van der Waals surface area (Å²) in [6.07, 6.45) is 7.40. The van der Waals surface area contributed by atoms with Crippen LogP contribution in [0.15, 0.2) is 6.20 Å². The number of nitrogens with zero attached hydrogens (tertiary/aromatic N) is 1. The summed E-state index contributed by atoms with van der Waals surface area (Å²) in [5, 5.41) is 3.25. The lowest BCUT2D eigenvalue weighted by atomic mass is 10.2. The number of aromatic nitrogens is 2. The van der Waals surface area contributed by atoms with Gasteiger partial charge in [0.05, 0.1) is 12.8 Å². The van der Waals surface area contributed by atoms with Crippen LogP contribution < -0.4 is 5.32 Å². The summed E-state index contributed by atoms with van der Waals surface area (Å²) < 4.78 is 4.87. The molecule has 1 aromatic rings. The number of esters is 1. The number of hydrogen-bond donors (Lipinski definition) is 2. The van der Waals surface area contributed by atoms with Crippen LogP contribution in [0.5, 0.6) is 0 Å². The third-order valence-corrected chi connectivity index (χ3v) is 2.63. The standard InChI is InChI=1S/C13H23N3O2/c1-3-4-5-6-8-14-13-15-10-12(16-13)7-9-18-11(2)17/h10H,3-9H2,1-2H3,(H2,14,15,16). The number of nitrogens with one attached hydrogen (secondary N) is 2. The van der Waals surface area contributed by atoms with Crippen LogP contribution in [-0.2, 0) is 16.0 Å².